The summed E-state index contributed by atoms with van der Waals surface area (Å²) in [5, 5.41) is 13.2. The maximum Gasteiger partial charge on any atom is 0.0564 e. The van der Waals surface area contributed by atoms with Crippen molar-refractivity contribution >= 4 is 11.8 Å². The number of nitrogens with one attached hydrogen (secondary N) is 1. The van der Waals surface area contributed by atoms with Gasteiger partial charge in [-0.15, -0.1) is 0 Å². The topological polar surface area (TPSA) is 32.3 Å². The maximum absolute atomic E-state index is 9.30. The zero-order chi connectivity index (χ0) is 14.5. The first kappa shape index (κ1) is 17.3. The third kappa shape index (κ3) is 5.65. The van der Waals surface area contributed by atoms with Crippen LogP contribution in [0.25, 0.3) is 0 Å². The van der Waals surface area contributed by atoms with E-state index < -0.39 is 0 Å². The summed E-state index contributed by atoms with van der Waals surface area (Å²) >= 11 is 1.76. The first-order chi connectivity index (χ1) is 8.88. The lowest BCUT2D eigenvalue weighted by atomic mass is 9.70. The van der Waals surface area contributed by atoms with Crippen molar-refractivity contribution in [3.63, 3.8) is 0 Å². The fourth-order valence-corrected chi connectivity index (χ4v) is 3.81. The third-order valence-corrected chi connectivity index (χ3v) is 6.00. The van der Waals surface area contributed by atoms with Gasteiger partial charge in [-0.25, -0.2) is 0 Å². The van der Waals surface area contributed by atoms with Gasteiger partial charge in [-0.05, 0) is 62.7 Å². The maximum atomic E-state index is 9.30. The summed E-state index contributed by atoms with van der Waals surface area (Å²) < 4.78 is 0. The number of aliphatic hydroxyl groups is 1. The lowest BCUT2D eigenvalue weighted by Gasteiger charge is -2.37. The Morgan fingerprint density at radius 2 is 1.79 bits per heavy atom. The van der Waals surface area contributed by atoms with E-state index in [-0.39, 0.29) is 6.61 Å². The average Bonchev–Trinajstić information content (AvgIpc) is 2.37. The molecule has 1 aliphatic rings. The molecule has 0 saturated heterocycles. The van der Waals surface area contributed by atoms with Gasteiger partial charge in [-0.2, -0.15) is 11.8 Å². The SMILES string of the molecule is CSC(CO)C(C)NCC1CCC(C(C)(C)C)CC1. The van der Waals surface area contributed by atoms with Gasteiger partial charge in [0.1, 0.15) is 0 Å². The van der Waals surface area contributed by atoms with Crippen molar-refractivity contribution in [2.75, 3.05) is 19.4 Å². The molecule has 0 aromatic carbocycles. The predicted molar refractivity (Wildman–Crippen MR) is 86.8 cm³/mol. The van der Waals surface area contributed by atoms with Gasteiger partial charge in [0.05, 0.1) is 6.61 Å². The minimum absolute atomic E-state index is 0.270. The van der Waals surface area contributed by atoms with Crippen molar-refractivity contribution in [2.45, 2.75) is 64.7 Å². The summed E-state index contributed by atoms with van der Waals surface area (Å²) in [7, 11) is 0. The molecule has 2 nitrogen and oxygen atoms in total. The molecule has 19 heavy (non-hydrogen) atoms. The number of thioether (sulfide) groups is 1. The minimum Gasteiger partial charge on any atom is -0.395 e. The minimum atomic E-state index is 0.270. The highest BCUT2D eigenvalue weighted by Gasteiger charge is 2.29. The summed E-state index contributed by atoms with van der Waals surface area (Å²) in [5.41, 5.74) is 0.479. The number of rotatable bonds is 6. The van der Waals surface area contributed by atoms with E-state index >= 15 is 0 Å². The van der Waals surface area contributed by atoms with E-state index in [0.29, 0.717) is 16.7 Å². The first-order valence-electron chi connectivity index (χ1n) is 7.75. The van der Waals surface area contributed by atoms with E-state index in [9.17, 15) is 5.11 Å². The Morgan fingerprint density at radius 1 is 1.21 bits per heavy atom. The third-order valence-electron chi connectivity index (χ3n) is 4.84. The summed E-state index contributed by atoms with van der Waals surface area (Å²) in [4.78, 5) is 0. The Bertz CT molecular complexity index is 240. The molecule has 114 valence electrons. The Labute approximate surface area is 124 Å². The molecule has 0 aromatic heterocycles. The summed E-state index contributed by atoms with van der Waals surface area (Å²) in [6, 6.07) is 0.403. The Hall–Kier alpha value is 0.270. The lowest BCUT2D eigenvalue weighted by Crippen LogP contribution is -2.41. The van der Waals surface area contributed by atoms with Crippen LogP contribution in [0.1, 0.15) is 53.4 Å². The van der Waals surface area contributed by atoms with E-state index in [0.717, 1.165) is 18.4 Å². The largest absolute Gasteiger partial charge is 0.395 e. The second-order valence-electron chi connectivity index (χ2n) is 7.24. The molecule has 0 radical (unpaired) electrons. The van der Waals surface area contributed by atoms with E-state index in [1.54, 1.807) is 11.8 Å². The highest BCUT2D eigenvalue weighted by molar-refractivity contribution is 7.99. The molecule has 0 bridgehead atoms. The second-order valence-corrected chi connectivity index (χ2v) is 8.31. The van der Waals surface area contributed by atoms with E-state index in [4.69, 9.17) is 0 Å². The van der Waals surface area contributed by atoms with Crippen LogP contribution in [-0.2, 0) is 0 Å². The fourth-order valence-electron chi connectivity index (χ4n) is 3.15. The van der Waals surface area contributed by atoms with Gasteiger partial charge >= 0.3 is 0 Å². The highest BCUT2D eigenvalue weighted by Crippen LogP contribution is 2.39. The van der Waals surface area contributed by atoms with Crippen molar-refractivity contribution in [3.05, 3.63) is 0 Å². The molecule has 0 aromatic rings. The van der Waals surface area contributed by atoms with Crippen molar-refractivity contribution in [2.24, 2.45) is 17.3 Å². The second kappa shape index (κ2) is 7.90. The van der Waals surface area contributed by atoms with Crippen LogP contribution >= 0.6 is 11.8 Å². The molecule has 1 aliphatic carbocycles. The van der Waals surface area contributed by atoms with Crippen LogP contribution in [0, 0.1) is 17.3 Å². The van der Waals surface area contributed by atoms with Crippen LogP contribution < -0.4 is 5.32 Å². The van der Waals surface area contributed by atoms with Crippen molar-refractivity contribution < 1.29 is 5.11 Å². The molecular formula is C16H33NOS. The molecule has 0 spiro atoms. The van der Waals surface area contributed by atoms with Crippen molar-refractivity contribution in [3.8, 4) is 0 Å². The summed E-state index contributed by atoms with van der Waals surface area (Å²) in [5.74, 6) is 1.74. The Kier molecular flexibility index (Phi) is 7.20. The van der Waals surface area contributed by atoms with E-state index in [1.165, 1.54) is 25.7 Å². The highest BCUT2D eigenvalue weighted by atomic mass is 32.2. The zero-order valence-corrected chi connectivity index (χ0v) is 14.2. The van der Waals surface area contributed by atoms with E-state index in [1.807, 2.05) is 0 Å². The molecule has 0 amide bonds. The molecule has 1 fully saturated rings. The van der Waals surface area contributed by atoms with Crippen LogP contribution in [-0.4, -0.2) is 35.8 Å². The molecule has 0 aliphatic heterocycles. The Morgan fingerprint density at radius 3 is 2.21 bits per heavy atom. The smallest absolute Gasteiger partial charge is 0.0564 e. The van der Waals surface area contributed by atoms with E-state index in [2.05, 4.69) is 39.3 Å². The molecule has 2 atom stereocenters. The molecule has 2 unspecified atom stereocenters. The lowest BCUT2D eigenvalue weighted by molar-refractivity contribution is 0.147. The van der Waals surface area contributed by atoms with Gasteiger partial charge in [0, 0.05) is 11.3 Å². The van der Waals surface area contributed by atoms with Crippen LogP contribution in [0.5, 0.6) is 0 Å². The van der Waals surface area contributed by atoms with Crippen LogP contribution in [0.15, 0.2) is 0 Å². The van der Waals surface area contributed by atoms with Crippen molar-refractivity contribution in [1.82, 2.24) is 5.32 Å². The molecular weight excluding hydrogens is 254 g/mol. The number of hydrogen-bond donors (Lipinski definition) is 2. The van der Waals surface area contributed by atoms with Crippen LogP contribution in [0.2, 0.25) is 0 Å². The average molecular weight is 288 g/mol. The molecule has 1 saturated carbocycles. The summed E-state index contributed by atoms with van der Waals surface area (Å²) in [6.45, 7) is 10.7. The number of aliphatic hydroxyl groups excluding tert-OH is 1. The number of hydrogen-bond acceptors (Lipinski definition) is 3. The van der Waals surface area contributed by atoms with Gasteiger partial charge in [0.25, 0.3) is 0 Å². The van der Waals surface area contributed by atoms with Gasteiger partial charge in [-0.3, -0.25) is 0 Å². The summed E-state index contributed by atoms with van der Waals surface area (Å²) in [6.07, 6.45) is 7.58. The fraction of sp³-hybridized carbons (Fsp3) is 1.00. The Balaban J connectivity index is 2.26. The zero-order valence-electron chi connectivity index (χ0n) is 13.4. The predicted octanol–water partition coefficient (Wildman–Crippen LogP) is 3.54. The van der Waals surface area contributed by atoms with Crippen LogP contribution in [0.3, 0.4) is 0 Å². The van der Waals surface area contributed by atoms with Gasteiger partial charge in [0.15, 0.2) is 0 Å². The molecule has 2 N–H and O–H groups in total. The standard InChI is InChI=1S/C16H33NOS/c1-12(15(11-18)19-5)17-10-13-6-8-14(9-7-13)16(2,3)4/h12-15,17-18H,6-11H2,1-5H3. The molecule has 0 heterocycles. The van der Waals surface area contributed by atoms with Crippen LogP contribution in [0.4, 0.5) is 0 Å². The molecule has 1 rings (SSSR count). The first-order valence-corrected chi connectivity index (χ1v) is 9.04. The quantitative estimate of drug-likeness (QED) is 0.784. The van der Waals surface area contributed by atoms with Gasteiger partial charge in [0.2, 0.25) is 0 Å². The van der Waals surface area contributed by atoms with Gasteiger partial charge in [-0.1, -0.05) is 20.8 Å². The monoisotopic (exact) mass is 287 g/mol. The van der Waals surface area contributed by atoms with Crippen molar-refractivity contribution in [1.29, 1.82) is 0 Å². The normalized spacial score (nSPS) is 28.1. The van der Waals surface area contributed by atoms with Gasteiger partial charge < -0.3 is 10.4 Å². The molecule has 3 heteroatoms.